The van der Waals surface area contributed by atoms with Gasteiger partial charge in [-0.25, -0.2) is 14.4 Å². The van der Waals surface area contributed by atoms with Crippen LogP contribution in [0.4, 0.5) is 10.3 Å². The molecule has 1 atom stereocenters. The van der Waals surface area contributed by atoms with Crippen molar-refractivity contribution in [2.45, 2.75) is 49.3 Å². The molecule has 11 heteroatoms. The molecule has 3 fully saturated rings. The van der Waals surface area contributed by atoms with Gasteiger partial charge in [-0.05, 0) is 31.7 Å². The molecule has 2 bridgehead atoms. The van der Waals surface area contributed by atoms with Crippen LogP contribution in [0.25, 0.3) is 11.0 Å². The lowest BCUT2D eigenvalue weighted by atomic mass is 9.67. The van der Waals surface area contributed by atoms with E-state index in [1.807, 2.05) is 11.9 Å². The van der Waals surface area contributed by atoms with Gasteiger partial charge >= 0.3 is 0 Å². The Kier molecular flexibility index (Phi) is 5.56. The number of aliphatic hydroxyl groups excluding tert-OH is 1. The molecule has 190 valence electrons. The van der Waals surface area contributed by atoms with Crippen molar-refractivity contribution in [2.75, 3.05) is 38.9 Å². The quantitative estimate of drug-likeness (QED) is 0.545. The van der Waals surface area contributed by atoms with E-state index in [4.69, 9.17) is 18.9 Å². The topological polar surface area (TPSA) is 112 Å². The van der Waals surface area contributed by atoms with Crippen molar-refractivity contribution in [3.8, 4) is 17.5 Å². The van der Waals surface area contributed by atoms with Gasteiger partial charge in [0.2, 0.25) is 11.8 Å². The van der Waals surface area contributed by atoms with Crippen LogP contribution in [0.2, 0.25) is 0 Å². The van der Waals surface area contributed by atoms with Crippen LogP contribution in [0.5, 0.6) is 17.5 Å². The number of likely N-dealkylation sites (N-methyl/N-ethyl adjacent to an activating group) is 1. The summed E-state index contributed by atoms with van der Waals surface area (Å²) in [6.45, 7) is 1.35. The van der Waals surface area contributed by atoms with Gasteiger partial charge in [-0.2, -0.15) is 4.98 Å². The fourth-order valence-corrected chi connectivity index (χ4v) is 5.54. The number of anilines is 1. The van der Waals surface area contributed by atoms with Gasteiger partial charge in [-0.15, -0.1) is 0 Å². The number of hydrogen-bond donors (Lipinski definition) is 1. The average molecular weight is 498 g/mol. The predicted octanol–water partition coefficient (Wildman–Crippen LogP) is 2.46. The van der Waals surface area contributed by atoms with Gasteiger partial charge in [0.1, 0.15) is 19.0 Å². The Labute approximate surface area is 207 Å². The standard InChI is InChI=1S/C25H28FN5O5/c1-31(23-28-13-18-22(30-23)35-10-9-34-18)24-5-7-25(8-6-24,36-14-24)19(32)11-15-16(26)12-27-17-3-4-20(33-2)29-21(15)17/h3-4,12-13,19,32H,5-11,14H2,1-2H3/t19-,24?,25?/m1/s1. The van der Waals surface area contributed by atoms with Gasteiger partial charge in [0.15, 0.2) is 5.75 Å². The summed E-state index contributed by atoms with van der Waals surface area (Å²) in [5.41, 5.74) is 0.200. The number of ether oxygens (including phenoxy) is 4. The number of aliphatic hydroxyl groups is 1. The average Bonchev–Trinajstić information content (AvgIpc) is 2.94. The highest BCUT2D eigenvalue weighted by atomic mass is 19.1. The molecule has 0 aromatic carbocycles. The molecule has 36 heavy (non-hydrogen) atoms. The number of aromatic nitrogens is 4. The first-order chi connectivity index (χ1) is 17.4. The van der Waals surface area contributed by atoms with Crippen LogP contribution < -0.4 is 19.1 Å². The van der Waals surface area contributed by atoms with E-state index in [1.54, 1.807) is 18.3 Å². The van der Waals surface area contributed by atoms with Crippen LogP contribution in [0.3, 0.4) is 0 Å². The summed E-state index contributed by atoms with van der Waals surface area (Å²) in [6, 6.07) is 3.41. The SMILES string of the molecule is COc1ccc2ncc(F)c(C[C@@H](O)C34CCC(N(C)c5ncc6c(n5)OCCO6)(CC3)CO4)c2n1. The maximum absolute atomic E-state index is 14.9. The molecule has 3 aliphatic heterocycles. The van der Waals surface area contributed by atoms with Gasteiger partial charge in [0.25, 0.3) is 5.88 Å². The summed E-state index contributed by atoms with van der Waals surface area (Å²) in [6.07, 6.45) is 4.80. The van der Waals surface area contributed by atoms with Crippen molar-refractivity contribution in [2.24, 2.45) is 0 Å². The summed E-state index contributed by atoms with van der Waals surface area (Å²) >= 11 is 0. The molecule has 3 aromatic rings. The van der Waals surface area contributed by atoms with E-state index < -0.39 is 17.5 Å². The third-order valence-corrected chi connectivity index (χ3v) is 7.91. The van der Waals surface area contributed by atoms with Crippen molar-refractivity contribution < 1.29 is 28.4 Å². The molecule has 1 N–H and O–H groups in total. The molecule has 1 saturated carbocycles. The minimum atomic E-state index is -0.903. The van der Waals surface area contributed by atoms with Crippen molar-refractivity contribution in [3.05, 3.63) is 35.9 Å². The number of halogens is 1. The highest BCUT2D eigenvalue weighted by Crippen LogP contribution is 2.49. The molecule has 6 heterocycles. The maximum Gasteiger partial charge on any atom is 0.262 e. The second-order valence-corrected chi connectivity index (χ2v) is 9.70. The van der Waals surface area contributed by atoms with Crippen molar-refractivity contribution >= 4 is 17.0 Å². The second-order valence-electron chi connectivity index (χ2n) is 9.70. The number of rotatable bonds is 6. The fraction of sp³-hybridized carbons (Fsp3) is 0.520. The van der Waals surface area contributed by atoms with Crippen molar-refractivity contribution in [1.29, 1.82) is 0 Å². The van der Waals surface area contributed by atoms with E-state index in [0.29, 0.717) is 72.7 Å². The van der Waals surface area contributed by atoms with Gasteiger partial charge in [-0.3, -0.25) is 4.98 Å². The number of pyridine rings is 2. The van der Waals surface area contributed by atoms with Crippen LogP contribution >= 0.6 is 0 Å². The molecule has 0 radical (unpaired) electrons. The van der Waals surface area contributed by atoms with Crippen LogP contribution in [0.15, 0.2) is 24.5 Å². The van der Waals surface area contributed by atoms with E-state index in [-0.39, 0.29) is 12.0 Å². The van der Waals surface area contributed by atoms with E-state index in [1.165, 1.54) is 13.3 Å². The van der Waals surface area contributed by atoms with Crippen molar-refractivity contribution in [3.63, 3.8) is 0 Å². The summed E-state index contributed by atoms with van der Waals surface area (Å²) in [5, 5.41) is 11.3. The minimum Gasteiger partial charge on any atom is -0.483 e. The predicted molar refractivity (Wildman–Crippen MR) is 127 cm³/mol. The van der Waals surface area contributed by atoms with E-state index >= 15 is 0 Å². The molecule has 2 saturated heterocycles. The van der Waals surface area contributed by atoms with E-state index in [0.717, 1.165) is 12.8 Å². The third-order valence-electron chi connectivity index (χ3n) is 7.91. The molecule has 1 aliphatic carbocycles. The lowest BCUT2D eigenvalue weighted by Crippen LogP contribution is -2.65. The highest BCUT2D eigenvalue weighted by molar-refractivity contribution is 5.78. The lowest BCUT2D eigenvalue weighted by Gasteiger charge is -2.57. The van der Waals surface area contributed by atoms with Gasteiger partial charge in [-0.1, -0.05) is 0 Å². The largest absolute Gasteiger partial charge is 0.483 e. The van der Waals surface area contributed by atoms with Crippen LogP contribution in [-0.2, 0) is 11.2 Å². The first kappa shape index (κ1) is 23.1. The van der Waals surface area contributed by atoms with Gasteiger partial charge in [0, 0.05) is 25.1 Å². The van der Waals surface area contributed by atoms with Gasteiger partial charge < -0.3 is 29.0 Å². The van der Waals surface area contributed by atoms with Crippen molar-refractivity contribution in [1.82, 2.24) is 19.9 Å². The number of fused-ring (bicyclic) bond motifs is 5. The molecule has 0 unspecified atom stereocenters. The Morgan fingerprint density at radius 2 is 1.92 bits per heavy atom. The molecule has 3 aromatic heterocycles. The molecular formula is C25H28FN5O5. The summed E-state index contributed by atoms with van der Waals surface area (Å²) in [7, 11) is 3.46. The lowest BCUT2D eigenvalue weighted by molar-refractivity contribution is -0.202. The smallest absolute Gasteiger partial charge is 0.262 e. The number of hydrogen-bond acceptors (Lipinski definition) is 10. The number of methoxy groups -OCH3 is 1. The van der Waals surface area contributed by atoms with Crippen LogP contribution in [-0.4, -0.2) is 76.3 Å². The Balaban J connectivity index is 1.21. The summed E-state index contributed by atoms with van der Waals surface area (Å²) in [4.78, 5) is 19.6. The van der Waals surface area contributed by atoms with Gasteiger partial charge in [0.05, 0.1) is 54.4 Å². The molecule has 0 spiro atoms. The normalized spacial score (nSPS) is 25.6. The van der Waals surface area contributed by atoms with E-state index in [9.17, 15) is 9.50 Å². The first-order valence-corrected chi connectivity index (χ1v) is 12.1. The van der Waals surface area contributed by atoms with E-state index in [2.05, 4.69) is 19.9 Å². The third kappa shape index (κ3) is 3.68. The number of nitrogens with zero attached hydrogens (tertiary/aromatic N) is 5. The maximum atomic E-state index is 14.9. The van der Waals surface area contributed by atoms with Crippen LogP contribution in [0.1, 0.15) is 31.2 Å². The summed E-state index contributed by atoms with van der Waals surface area (Å²) in [5.74, 6) is 1.40. The molecule has 10 nitrogen and oxygen atoms in total. The second kappa shape index (κ2) is 8.67. The molecule has 0 amide bonds. The Bertz CT molecular complexity index is 1280. The zero-order valence-electron chi connectivity index (χ0n) is 20.2. The molecule has 4 aliphatic rings. The van der Waals surface area contributed by atoms with Crippen LogP contribution in [0, 0.1) is 5.82 Å². The summed E-state index contributed by atoms with van der Waals surface area (Å²) < 4.78 is 37.6. The fourth-order valence-electron chi connectivity index (χ4n) is 5.54. The minimum absolute atomic E-state index is 0.0686. The zero-order chi connectivity index (χ0) is 24.9. The monoisotopic (exact) mass is 497 g/mol. The zero-order valence-corrected chi connectivity index (χ0v) is 20.2. The molecular weight excluding hydrogens is 469 g/mol. The molecule has 7 rings (SSSR count). The Hall–Kier alpha value is -3.31. The Morgan fingerprint density at radius 1 is 1.11 bits per heavy atom. The highest BCUT2D eigenvalue weighted by Gasteiger charge is 2.55. The Morgan fingerprint density at radius 3 is 2.67 bits per heavy atom. The first-order valence-electron chi connectivity index (χ1n) is 12.1.